The van der Waals surface area contributed by atoms with E-state index in [-0.39, 0.29) is 5.91 Å². The summed E-state index contributed by atoms with van der Waals surface area (Å²) in [5.74, 6) is 1.36. The first kappa shape index (κ1) is 28.3. The third kappa shape index (κ3) is 5.06. The van der Waals surface area contributed by atoms with Gasteiger partial charge < -0.3 is 24.8 Å². The van der Waals surface area contributed by atoms with Crippen molar-refractivity contribution < 1.29 is 9.53 Å². The number of hydrogen-bond donors (Lipinski definition) is 2. The van der Waals surface area contributed by atoms with Crippen LogP contribution in [0.25, 0.3) is 32.9 Å². The van der Waals surface area contributed by atoms with Crippen molar-refractivity contribution in [3.63, 3.8) is 0 Å². The van der Waals surface area contributed by atoms with Crippen LogP contribution < -0.4 is 15.4 Å². The maximum atomic E-state index is 13.4. The van der Waals surface area contributed by atoms with E-state index in [0.29, 0.717) is 19.1 Å². The highest BCUT2D eigenvalue weighted by molar-refractivity contribution is 6.19. The van der Waals surface area contributed by atoms with Gasteiger partial charge in [0, 0.05) is 66.0 Å². The second-order valence-electron chi connectivity index (χ2n) is 12.4. The summed E-state index contributed by atoms with van der Waals surface area (Å²) >= 11 is 0. The molecule has 0 spiro atoms. The van der Waals surface area contributed by atoms with Gasteiger partial charge in [-0.1, -0.05) is 26.8 Å². The minimum Gasteiger partial charge on any atom is -0.487 e. The van der Waals surface area contributed by atoms with E-state index in [1.807, 2.05) is 11.7 Å². The van der Waals surface area contributed by atoms with Gasteiger partial charge in [0.1, 0.15) is 12.4 Å². The molecule has 2 aromatic carbocycles. The summed E-state index contributed by atoms with van der Waals surface area (Å²) in [6.07, 6.45) is 7.19. The quantitative estimate of drug-likeness (QED) is 0.224. The molecular weight excluding hydrogens is 524 g/mol. The molecule has 1 aliphatic heterocycles. The number of amides is 1. The van der Waals surface area contributed by atoms with Gasteiger partial charge >= 0.3 is 0 Å². The first-order valence-electron chi connectivity index (χ1n) is 15.4. The molecule has 0 bridgehead atoms. The molecule has 42 heavy (non-hydrogen) atoms. The topological polar surface area (TPSA) is 76.3 Å². The fourth-order valence-electron chi connectivity index (χ4n) is 6.65. The van der Waals surface area contributed by atoms with Crippen molar-refractivity contribution in [1.29, 1.82) is 0 Å². The Labute approximate surface area is 248 Å². The van der Waals surface area contributed by atoms with Gasteiger partial charge in [-0.05, 0) is 81.6 Å². The van der Waals surface area contributed by atoms with Crippen LogP contribution in [0.4, 0.5) is 0 Å². The molecule has 1 aliphatic carbocycles. The van der Waals surface area contributed by atoms with E-state index in [4.69, 9.17) is 9.84 Å². The van der Waals surface area contributed by atoms with Crippen LogP contribution in [-0.4, -0.2) is 58.9 Å². The van der Waals surface area contributed by atoms with Crippen molar-refractivity contribution in [2.45, 2.75) is 59.0 Å². The molecule has 0 fully saturated rings. The van der Waals surface area contributed by atoms with Crippen LogP contribution in [-0.2, 0) is 33.0 Å². The van der Waals surface area contributed by atoms with Gasteiger partial charge in [-0.15, -0.1) is 0 Å². The number of rotatable bonds is 12. The minimum atomic E-state index is 0.0167. The number of benzene rings is 2. The molecule has 8 nitrogen and oxygen atoms in total. The summed E-state index contributed by atoms with van der Waals surface area (Å²) in [6, 6.07) is 6.45. The summed E-state index contributed by atoms with van der Waals surface area (Å²) in [5.41, 5.74) is 9.81. The molecule has 0 radical (unpaired) electrons. The predicted molar refractivity (Wildman–Crippen MR) is 170 cm³/mol. The molecule has 4 aromatic rings. The van der Waals surface area contributed by atoms with Gasteiger partial charge in [0.25, 0.3) is 5.91 Å². The molecule has 1 unspecified atom stereocenters. The molecule has 2 aliphatic rings. The highest BCUT2D eigenvalue weighted by Gasteiger charge is 2.35. The van der Waals surface area contributed by atoms with Crippen molar-refractivity contribution >= 4 is 27.7 Å². The average Bonchev–Trinajstić information content (AvgIpc) is 3.64. The Morgan fingerprint density at radius 2 is 2.05 bits per heavy atom. The SMILES string of the molecule is C=C(COc1ccc2c(c1)c1c3c(c4c(c1n2CC(C)CC)CCc1nn(C)cc1-4)C(=O)NC3)NCCCCN(C)C. The third-order valence-corrected chi connectivity index (χ3v) is 8.93. The van der Waals surface area contributed by atoms with Crippen molar-refractivity contribution in [2.75, 3.05) is 33.8 Å². The van der Waals surface area contributed by atoms with E-state index in [9.17, 15) is 4.79 Å². The fraction of sp³-hybridized carbons (Fsp3) is 0.471. The van der Waals surface area contributed by atoms with Crippen LogP contribution in [0.3, 0.4) is 0 Å². The lowest BCUT2D eigenvalue weighted by molar-refractivity contribution is 0.0966. The van der Waals surface area contributed by atoms with E-state index in [2.05, 4.69) is 79.0 Å². The van der Waals surface area contributed by atoms with Crippen molar-refractivity contribution in [1.82, 2.24) is 29.9 Å². The molecule has 222 valence electrons. The molecule has 3 heterocycles. The lowest BCUT2D eigenvalue weighted by atomic mass is 9.82. The van der Waals surface area contributed by atoms with Gasteiger partial charge in [-0.25, -0.2) is 0 Å². The summed E-state index contributed by atoms with van der Waals surface area (Å²) in [7, 11) is 6.17. The van der Waals surface area contributed by atoms with Gasteiger partial charge in [0.15, 0.2) is 0 Å². The van der Waals surface area contributed by atoms with Gasteiger partial charge in [0.2, 0.25) is 0 Å². The Morgan fingerprint density at radius 1 is 1.21 bits per heavy atom. The van der Waals surface area contributed by atoms with Gasteiger partial charge in [-0.3, -0.25) is 9.48 Å². The molecule has 8 heteroatoms. The number of aromatic nitrogens is 3. The number of aryl methyl sites for hydroxylation is 3. The van der Waals surface area contributed by atoms with E-state index in [1.54, 1.807) is 0 Å². The van der Waals surface area contributed by atoms with Gasteiger partial charge in [-0.2, -0.15) is 5.10 Å². The molecular formula is C34H44N6O2. The lowest BCUT2D eigenvalue weighted by Crippen LogP contribution is -2.20. The number of nitrogens with one attached hydrogen (secondary N) is 2. The lowest BCUT2D eigenvalue weighted by Gasteiger charge is -2.22. The van der Waals surface area contributed by atoms with E-state index in [0.717, 1.165) is 96.5 Å². The fourth-order valence-corrected chi connectivity index (χ4v) is 6.65. The Balaban J connectivity index is 1.41. The van der Waals surface area contributed by atoms with Crippen LogP contribution in [0.2, 0.25) is 0 Å². The molecule has 1 atom stereocenters. The number of carbonyl (C=O) groups excluding carboxylic acids is 1. The van der Waals surface area contributed by atoms with Crippen LogP contribution in [0.5, 0.6) is 5.75 Å². The second-order valence-corrected chi connectivity index (χ2v) is 12.4. The second kappa shape index (κ2) is 11.5. The van der Waals surface area contributed by atoms with Crippen molar-refractivity contribution in [3.8, 4) is 16.9 Å². The van der Waals surface area contributed by atoms with Crippen molar-refractivity contribution in [3.05, 3.63) is 59.1 Å². The molecule has 2 aromatic heterocycles. The predicted octanol–water partition coefficient (Wildman–Crippen LogP) is 5.41. The van der Waals surface area contributed by atoms with Crippen LogP contribution in [0.15, 0.2) is 36.7 Å². The number of ether oxygens (including phenoxy) is 1. The molecule has 0 saturated heterocycles. The first-order chi connectivity index (χ1) is 20.3. The number of fused-ring (bicyclic) bond motifs is 10. The maximum absolute atomic E-state index is 13.4. The zero-order valence-electron chi connectivity index (χ0n) is 25.8. The molecule has 0 saturated carbocycles. The highest BCUT2D eigenvalue weighted by atomic mass is 16.5. The number of unbranched alkanes of at least 4 members (excludes halogenated alkanes) is 1. The summed E-state index contributed by atoms with van der Waals surface area (Å²) in [4.78, 5) is 15.6. The molecule has 1 amide bonds. The standard InChI is InChI=1S/C34H44N6O2/c1-7-21(2)18-40-29-13-10-23(42-20-22(3)35-14-8-9-15-38(4)5)16-25(29)31-26-17-36-34(41)32(26)30-24(33(31)40)11-12-28-27(30)19-39(6)37-28/h10,13,16,19,21,35H,3,7-9,11-12,14-15,17-18,20H2,1-2,4-6H3,(H,36,41). The normalized spacial score (nSPS) is 14.7. The highest BCUT2D eigenvalue weighted by Crippen LogP contribution is 2.47. The zero-order chi connectivity index (χ0) is 29.5. The Bertz CT molecular complexity index is 1680. The summed E-state index contributed by atoms with van der Waals surface area (Å²) < 4.78 is 10.7. The van der Waals surface area contributed by atoms with E-state index >= 15 is 0 Å². The number of hydrogen-bond acceptors (Lipinski definition) is 5. The van der Waals surface area contributed by atoms with Gasteiger partial charge in [0.05, 0.1) is 16.8 Å². The van der Waals surface area contributed by atoms with Crippen molar-refractivity contribution in [2.24, 2.45) is 13.0 Å². The first-order valence-corrected chi connectivity index (χ1v) is 15.4. The van der Waals surface area contributed by atoms with Crippen LogP contribution in [0, 0.1) is 5.92 Å². The molecule has 6 rings (SSSR count). The smallest absolute Gasteiger partial charge is 0.252 e. The third-order valence-electron chi connectivity index (χ3n) is 8.93. The molecule has 2 N–H and O–H groups in total. The Morgan fingerprint density at radius 3 is 2.83 bits per heavy atom. The van der Waals surface area contributed by atoms with E-state index in [1.165, 1.54) is 22.0 Å². The monoisotopic (exact) mass is 568 g/mol. The van der Waals surface area contributed by atoms with Crippen LogP contribution >= 0.6 is 0 Å². The number of carbonyl (C=O) groups is 1. The summed E-state index contributed by atoms with van der Waals surface area (Å²) in [5, 5.41) is 13.6. The maximum Gasteiger partial charge on any atom is 0.252 e. The summed E-state index contributed by atoms with van der Waals surface area (Å²) in [6.45, 7) is 12.6. The Kier molecular flexibility index (Phi) is 7.75. The van der Waals surface area contributed by atoms with E-state index < -0.39 is 0 Å². The zero-order valence-corrected chi connectivity index (χ0v) is 25.8. The Hall–Kier alpha value is -3.78. The number of nitrogens with zero attached hydrogens (tertiary/aromatic N) is 4. The van der Waals surface area contributed by atoms with Crippen LogP contribution in [0.1, 0.15) is 60.3 Å². The average molecular weight is 569 g/mol. The minimum absolute atomic E-state index is 0.0167. The largest absolute Gasteiger partial charge is 0.487 e.